The van der Waals surface area contributed by atoms with E-state index in [1.165, 1.54) is 0 Å². The lowest BCUT2D eigenvalue weighted by Gasteiger charge is -2.26. The Kier molecular flexibility index (Phi) is 7.08. The summed E-state index contributed by atoms with van der Waals surface area (Å²) in [4.78, 5) is 45.7. The number of pyridine rings is 1. The number of fused-ring (bicyclic) bond motifs is 3. The van der Waals surface area contributed by atoms with Gasteiger partial charge >= 0.3 is 0 Å². The first kappa shape index (κ1) is 26.2. The predicted octanol–water partition coefficient (Wildman–Crippen LogP) is 2.79. The van der Waals surface area contributed by atoms with E-state index >= 15 is 0 Å². The number of carbonyl (C=O) groups is 3. The molecule has 9 nitrogen and oxygen atoms in total. The van der Waals surface area contributed by atoms with Gasteiger partial charge in [-0.25, -0.2) is 4.98 Å². The molecule has 1 saturated heterocycles. The van der Waals surface area contributed by atoms with Gasteiger partial charge in [-0.2, -0.15) is 0 Å². The van der Waals surface area contributed by atoms with Crippen molar-refractivity contribution >= 4 is 29.2 Å². The molecule has 9 heteroatoms. The van der Waals surface area contributed by atoms with E-state index in [0.717, 1.165) is 27.8 Å². The number of nitrogens with one attached hydrogen (secondary N) is 3. The zero-order valence-electron chi connectivity index (χ0n) is 22.5. The maximum absolute atomic E-state index is 13.4. The molecule has 1 aliphatic carbocycles. The molecule has 0 bridgehead atoms. The van der Waals surface area contributed by atoms with Crippen LogP contribution in [0.15, 0.2) is 60.8 Å². The maximum Gasteiger partial charge on any atom is 0.244 e. The summed E-state index contributed by atoms with van der Waals surface area (Å²) in [7, 11) is 1.89. The van der Waals surface area contributed by atoms with Crippen LogP contribution in [0.1, 0.15) is 34.2 Å². The quantitative estimate of drug-likeness (QED) is 0.406. The van der Waals surface area contributed by atoms with E-state index in [0.29, 0.717) is 57.1 Å². The molecule has 3 N–H and O–H groups in total. The van der Waals surface area contributed by atoms with E-state index in [4.69, 9.17) is 4.74 Å². The Labute approximate surface area is 233 Å². The Morgan fingerprint density at radius 2 is 1.93 bits per heavy atom. The van der Waals surface area contributed by atoms with Crippen LogP contribution in [0, 0.1) is 5.92 Å². The number of hydrogen-bond acceptors (Lipinski definition) is 6. The van der Waals surface area contributed by atoms with E-state index in [1.807, 2.05) is 61.6 Å². The Morgan fingerprint density at radius 1 is 1.10 bits per heavy atom. The number of aromatic nitrogens is 1. The number of anilines is 2. The Balaban J connectivity index is 1.18. The van der Waals surface area contributed by atoms with Crippen molar-refractivity contribution in [1.82, 2.24) is 15.2 Å². The highest BCUT2D eigenvalue weighted by atomic mass is 16.5. The highest BCUT2D eigenvalue weighted by Crippen LogP contribution is 2.46. The molecular weight excluding hydrogens is 506 g/mol. The lowest BCUT2D eigenvalue weighted by Crippen LogP contribution is -2.41. The molecule has 0 saturated carbocycles. The van der Waals surface area contributed by atoms with E-state index in [-0.39, 0.29) is 30.2 Å². The molecule has 2 unspecified atom stereocenters. The zero-order chi connectivity index (χ0) is 27.7. The van der Waals surface area contributed by atoms with E-state index in [9.17, 15) is 14.4 Å². The third-order valence-corrected chi connectivity index (χ3v) is 8.24. The summed E-state index contributed by atoms with van der Waals surface area (Å²) in [6.45, 7) is 1.89. The first-order valence-electron chi connectivity index (χ1n) is 13.7. The SMILES string of the molecule is CNCc1ccccc1CN(CC(=O)Nc1ccc2c(c1)CC1(C2)C(=O)Nc2ncccc21)C(=O)C1CCOC1. The fraction of sp³-hybridized carbons (Fsp3) is 0.355. The molecule has 2 aliphatic heterocycles. The topological polar surface area (TPSA) is 113 Å². The molecule has 3 aliphatic rings. The van der Waals surface area contributed by atoms with Crippen LogP contribution in [-0.2, 0) is 50.5 Å². The first-order valence-corrected chi connectivity index (χ1v) is 13.7. The van der Waals surface area contributed by atoms with Gasteiger partial charge in [0.2, 0.25) is 17.7 Å². The largest absolute Gasteiger partial charge is 0.381 e. The van der Waals surface area contributed by atoms with E-state index in [2.05, 4.69) is 20.9 Å². The molecular formula is C31H33N5O4. The third-order valence-electron chi connectivity index (χ3n) is 8.24. The molecule has 3 heterocycles. The van der Waals surface area contributed by atoms with Crippen molar-refractivity contribution in [2.75, 3.05) is 37.4 Å². The van der Waals surface area contributed by atoms with Crippen LogP contribution in [0.3, 0.4) is 0 Å². The van der Waals surface area contributed by atoms with Crippen LogP contribution >= 0.6 is 0 Å². The molecule has 6 rings (SSSR count). The summed E-state index contributed by atoms with van der Waals surface area (Å²) in [5.41, 5.74) is 5.12. The minimum Gasteiger partial charge on any atom is -0.381 e. The predicted molar refractivity (Wildman–Crippen MR) is 151 cm³/mol. The number of amides is 3. The van der Waals surface area contributed by atoms with Crippen LogP contribution in [0.2, 0.25) is 0 Å². The Bertz CT molecular complexity index is 1470. The minimum absolute atomic E-state index is 0.0356. The summed E-state index contributed by atoms with van der Waals surface area (Å²) in [5.74, 6) is 0.0195. The molecule has 1 aromatic heterocycles. The molecule has 2 atom stereocenters. The fourth-order valence-electron chi connectivity index (χ4n) is 6.20. The van der Waals surface area contributed by atoms with Gasteiger partial charge < -0.3 is 25.6 Å². The Morgan fingerprint density at radius 3 is 2.73 bits per heavy atom. The van der Waals surface area contributed by atoms with Gasteiger partial charge in [-0.15, -0.1) is 0 Å². The molecule has 1 fully saturated rings. The summed E-state index contributed by atoms with van der Waals surface area (Å²) in [6.07, 6.45) is 3.48. The number of ether oxygens (including phenoxy) is 1. The Hall–Kier alpha value is -4.08. The number of rotatable bonds is 8. The molecule has 1 spiro atoms. The van der Waals surface area contributed by atoms with Crippen LogP contribution in [0.5, 0.6) is 0 Å². The molecule has 3 amide bonds. The van der Waals surface area contributed by atoms with Crippen molar-refractivity contribution in [2.24, 2.45) is 5.92 Å². The van der Waals surface area contributed by atoms with Crippen molar-refractivity contribution in [3.8, 4) is 0 Å². The zero-order valence-corrected chi connectivity index (χ0v) is 22.5. The number of hydrogen-bond donors (Lipinski definition) is 3. The summed E-state index contributed by atoms with van der Waals surface area (Å²) in [6, 6.07) is 17.6. The van der Waals surface area contributed by atoms with Gasteiger partial charge in [0.15, 0.2) is 0 Å². The average Bonchev–Trinajstić information content (AvgIpc) is 3.68. The number of nitrogens with zero attached hydrogens (tertiary/aromatic N) is 2. The van der Waals surface area contributed by atoms with E-state index in [1.54, 1.807) is 11.1 Å². The smallest absolute Gasteiger partial charge is 0.244 e. The highest BCUT2D eigenvalue weighted by Gasteiger charge is 2.51. The monoisotopic (exact) mass is 539 g/mol. The van der Waals surface area contributed by atoms with Gasteiger partial charge in [0, 0.05) is 37.1 Å². The minimum atomic E-state index is -0.665. The second-order valence-electron chi connectivity index (χ2n) is 10.9. The van der Waals surface area contributed by atoms with Crippen molar-refractivity contribution in [3.05, 3.63) is 88.6 Å². The van der Waals surface area contributed by atoms with Gasteiger partial charge in [-0.05, 0) is 66.8 Å². The third kappa shape index (κ3) is 4.87. The van der Waals surface area contributed by atoms with Crippen LogP contribution in [0.25, 0.3) is 0 Å². The van der Waals surface area contributed by atoms with Crippen LogP contribution in [-0.4, -0.2) is 54.4 Å². The first-order chi connectivity index (χ1) is 19.5. The summed E-state index contributed by atoms with van der Waals surface area (Å²) in [5, 5.41) is 9.09. The average molecular weight is 540 g/mol. The summed E-state index contributed by atoms with van der Waals surface area (Å²) >= 11 is 0. The van der Waals surface area contributed by atoms with Crippen LogP contribution < -0.4 is 16.0 Å². The normalized spacial score (nSPS) is 20.7. The van der Waals surface area contributed by atoms with Crippen molar-refractivity contribution in [2.45, 2.75) is 37.8 Å². The molecule has 0 radical (unpaired) electrons. The van der Waals surface area contributed by atoms with E-state index < -0.39 is 5.41 Å². The van der Waals surface area contributed by atoms with Crippen molar-refractivity contribution < 1.29 is 19.1 Å². The van der Waals surface area contributed by atoms with Crippen LogP contribution in [0.4, 0.5) is 11.5 Å². The molecule has 2 aromatic carbocycles. The fourth-order valence-corrected chi connectivity index (χ4v) is 6.20. The lowest BCUT2D eigenvalue weighted by molar-refractivity contribution is -0.139. The molecule has 3 aromatic rings. The number of carbonyl (C=O) groups excluding carboxylic acids is 3. The molecule has 206 valence electrons. The second kappa shape index (κ2) is 10.8. The lowest BCUT2D eigenvalue weighted by atomic mass is 9.79. The van der Waals surface area contributed by atoms with Crippen molar-refractivity contribution in [3.63, 3.8) is 0 Å². The van der Waals surface area contributed by atoms with Gasteiger partial charge in [-0.1, -0.05) is 36.4 Å². The highest BCUT2D eigenvalue weighted by molar-refractivity contribution is 6.06. The maximum atomic E-state index is 13.4. The number of benzene rings is 2. The van der Waals surface area contributed by atoms with Gasteiger partial charge in [-0.3, -0.25) is 14.4 Å². The van der Waals surface area contributed by atoms with Gasteiger partial charge in [0.05, 0.1) is 17.9 Å². The van der Waals surface area contributed by atoms with Gasteiger partial charge in [0.1, 0.15) is 12.4 Å². The van der Waals surface area contributed by atoms with Gasteiger partial charge in [0.25, 0.3) is 0 Å². The molecule has 40 heavy (non-hydrogen) atoms. The standard InChI is InChI=1S/C31H33N5O4/c1-32-16-21-5-2-3-6-22(21)17-36(29(38)23-10-12-40-19-23)18-27(37)34-25-9-8-20-14-31(15-24(20)13-25)26-7-4-11-33-28(26)35-30(31)39/h2-9,11,13,23,32H,10,12,14-19H2,1H3,(H,34,37)(H,33,35,39). The second-order valence-corrected chi connectivity index (χ2v) is 10.9. The van der Waals surface area contributed by atoms with Crippen molar-refractivity contribution in [1.29, 1.82) is 0 Å². The summed E-state index contributed by atoms with van der Waals surface area (Å²) < 4.78 is 5.46.